The van der Waals surface area contributed by atoms with Crippen molar-refractivity contribution in [2.45, 2.75) is 5.66 Å². The molecule has 1 heterocycles. The smallest absolute Gasteiger partial charge is 0.176 e. The van der Waals surface area contributed by atoms with Crippen LogP contribution in [0.3, 0.4) is 0 Å². The average molecular weight is 276 g/mol. The van der Waals surface area contributed by atoms with E-state index >= 15 is 0 Å². The van der Waals surface area contributed by atoms with Gasteiger partial charge in [0.25, 0.3) is 0 Å². The summed E-state index contributed by atoms with van der Waals surface area (Å²) >= 11 is 0. The first-order chi connectivity index (χ1) is 9.08. The number of benzene rings is 2. The Bertz CT molecular complexity index is 609. The van der Waals surface area contributed by atoms with Crippen molar-refractivity contribution in [2.75, 3.05) is 0 Å². The van der Waals surface area contributed by atoms with Crippen LogP contribution in [0.15, 0.2) is 36.4 Å². The van der Waals surface area contributed by atoms with Gasteiger partial charge in [-0.3, -0.25) is 5.09 Å². The highest BCUT2D eigenvalue weighted by molar-refractivity contribution is 7.13. The van der Waals surface area contributed by atoms with E-state index in [0.717, 1.165) is 0 Å². The average Bonchev–Trinajstić information content (AvgIpc) is 2.41. The molecule has 0 bridgehead atoms. The number of nitrogens with two attached hydrogens (primary N) is 1. The fourth-order valence-electron chi connectivity index (χ4n) is 2.29. The van der Waals surface area contributed by atoms with Crippen molar-refractivity contribution in [3.63, 3.8) is 0 Å². The van der Waals surface area contributed by atoms with E-state index in [1.807, 2.05) is 0 Å². The molecule has 1 aliphatic heterocycles. The standard InChI is InChI=1S/C13H13N2O3P/c14-13(15-19)7-3-1-5-9(16)11(7)18-12-8(13)4-2-6-10(12)17/h1-6,15-17H,14,19H2. The van der Waals surface area contributed by atoms with Gasteiger partial charge in [-0.1, -0.05) is 33.7 Å². The normalized spacial score (nSPS) is 15.3. The van der Waals surface area contributed by atoms with E-state index in [-0.39, 0.29) is 23.0 Å². The summed E-state index contributed by atoms with van der Waals surface area (Å²) in [5, 5.41) is 22.7. The molecular formula is C13H13N2O3P. The van der Waals surface area contributed by atoms with Crippen LogP contribution in [-0.4, -0.2) is 10.2 Å². The molecule has 0 saturated carbocycles. The predicted molar refractivity (Wildman–Crippen MR) is 74.1 cm³/mol. The quantitative estimate of drug-likeness (QED) is 0.471. The third kappa shape index (κ3) is 1.60. The second kappa shape index (κ2) is 4.10. The minimum absolute atomic E-state index is 0.0264. The van der Waals surface area contributed by atoms with Crippen LogP contribution in [0.1, 0.15) is 11.1 Å². The minimum atomic E-state index is -1.06. The van der Waals surface area contributed by atoms with Gasteiger partial charge in [-0.05, 0) is 12.1 Å². The Hall–Kier alpha value is -1.81. The molecule has 6 heteroatoms. The molecule has 98 valence electrons. The van der Waals surface area contributed by atoms with Gasteiger partial charge in [0.15, 0.2) is 23.0 Å². The Balaban J connectivity index is 2.34. The topological polar surface area (TPSA) is 87.7 Å². The molecule has 2 aromatic carbocycles. The molecule has 3 rings (SSSR count). The number of fused-ring (bicyclic) bond motifs is 2. The molecule has 2 aromatic rings. The van der Waals surface area contributed by atoms with E-state index in [9.17, 15) is 10.2 Å². The highest BCUT2D eigenvalue weighted by Gasteiger charge is 2.40. The lowest BCUT2D eigenvalue weighted by molar-refractivity contribution is 0.339. The molecule has 0 saturated heterocycles. The second-order valence-electron chi connectivity index (χ2n) is 4.36. The number of phenolic OH excluding ortho intramolecular Hbond substituents is 2. The first kappa shape index (κ1) is 12.2. The summed E-state index contributed by atoms with van der Waals surface area (Å²) in [5.74, 6) is 0.436. The molecule has 1 unspecified atom stereocenters. The third-order valence-corrected chi connectivity index (χ3v) is 3.73. The molecule has 0 radical (unpaired) electrons. The van der Waals surface area contributed by atoms with Gasteiger partial charge in [0.05, 0.1) is 0 Å². The van der Waals surface area contributed by atoms with E-state index in [1.54, 1.807) is 24.3 Å². The number of hydrogen-bond acceptors (Lipinski definition) is 5. The number of hydrogen-bond donors (Lipinski definition) is 4. The van der Waals surface area contributed by atoms with Gasteiger partial charge in [-0.25, -0.2) is 0 Å². The lowest BCUT2D eigenvalue weighted by Gasteiger charge is -2.36. The molecule has 1 aliphatic rings. The van der Waals surface area contributed by atoms with E-state index in [2.05, 4.69) is 14.5 Å². The van der Waals surface area contributed by atoms with Crippen LogP contribution in [0.4, 0.5) is 0 Å². The fourth-order valence-corrected chi connectivity index (χ4v) is 2.60. The van der Waals surface area contributed by atoms with Crippen molar-refractivity contribution in [3.05, 3.63) is 47.5 Å². The summed E-state index contributed by atoms with van der Waals surface area (Å²) in [6.07, 6.45) is 0. The highest BCUT2D eigenvalue weighted by atomic mass is 31.0. The maximum atomic E-state index is 9.90. The number of aromatic hydroxyl groups is 2. The largest absolute Gasteiger partial charge is 0.504 e. The second-order valence-corrected chi connectivity index (χ2v) is 4.65. The van der Waals surface area contributed by atoms with Crippen LogP contribution in [-0.2, 0) is 5.66 Å². The molecule has 0 amide bonds. The van der Waals surface area contributed by atoms with Crippen molar-refractivity contribution in [2.24, 2.45) is 5.73 Å². The maximum Gasteiger partial charge on any atom is 0.176 e. The summed E-state index contributed by atoms with van der Waals surface area (Å²) in [6.45, 7) is 0. The van der Waals surface area contributed by atoms with Gasteiger partial charge in [-0.15, -0.1) is 0 Å². The number of phenols is 2. The van der Waals surface area contributed by atoms with Crippen LogP contribution in [0, 0.1) is 0 Å². The summed E-state index contributed by atoms with van der Waals surface area (Å²) < 4.78 is 5.61. The van der Waals surface area contributed by atoms with Crippen LogP contribution < -0.4 is 15.6 Å². The number of nitrogens with one attached hydrogen (secondary N) is 1. The SMILES string of the molecule is NC1(NP)c2cccc(O)c2Oc2c(O)cccc21. The molecule has 5 nitrogen and oxygen atoms in total. The van der Waals surface area contributed by atoms with E-state index in [0.29, 0.717) is 11.1 Å². The monoisotopic (exact) mass is 276 g/mol. The van der Waals surface area contributed by atoms with E-state index < -0.39 is 5.66 Å². The summed E-state index contributed by atoms with van der Waals surface area (Å²) in [4.78, 5) is 0. The number of para-hydroxylation sites is 2. The Kier molecular flexibility index (Phi) is 2.64. The summed E-state index contributed by atoms with van der Waals surface area (Å²) in [7, 11) is 2.36. The molecule has 5 N–H and O–H groups in total. The van der Waals surface area contributed by atoms with E-state index in [1.165, 1.54) is 12.1 Å². The van der Waals surface area contributed by atoms with Crippen LogP contribution in [0.5, 0.6) is 23.0 Å². The fraction of sp³-hybridized carbons (Fsp3) is 0.0769. The molecule has 0 aromatic heterocycles. The van der Waals surface area contributed by atoms with Gasteiger partial charge in [0.1, 0.15) is 5.66 Å². The maximum absolute atomic E-state index is 9.90. The zero-order valence-electron chi connectivity index (χ0n) is 9.92. The molecule has 19 heavy (non-hydrogen) atoms. The third-order valence-electron chi connectivity index (χ3n) is 3.27. The van der Waals surface area contributed by atoms with Gasteiger partial charge in [-0.2, -0.15) is 0 Å². The number of rotatable bonds is 1. The van der Waals surface area contributed by atoms with Crippen LogP contribution in [0.2, 0.25) is 0 Å². The molecular weight excluding hydrogens is 263 g/mol. The Morgan fingerprint density at radius 3 is 1.89 bits per heavy atom. The first-order valence-electron chi connectivity index (χ1n) is 5.67. The molecule has 1 atom stereocenters. The zero-order chi connectivity index (χ0) is 13.6. The van der Waals surface area contributed by atoms with Crippen molar-refractivity contribution >= 4 is 9.39 Å². The molecule has 0 spiro atoms. The Labute approximate surface area is 112 Å². The van der Waals surface area contributed by atoms with Gasteiger partial charge < -0.3 is 20.7 Å². The molecule has 0 fully saturated rings. The van der Waals surface area contributed by atoms with Crippen molar-refractivity contribution in [1.29, 1.82) is 0 Å². The van der Waals surface area contributed by atoms with Crippen molar-refractivity contribution in [1.82, 2.24) is 5.09 Å². The Morgan fingerprint density at radius 2 is 1.47 bits per heavy atom. The number of ether oxygens (including phenoxy) is 1. The summed E-state index contributed by atoms with van der Waals surface area (Å²) in [6, 6.07) is 9.92. The summed E-state index contributed by atoms with van der Waals surface area (Å²) in [5.41, 5.74) is 6.52. The van der Waals surface area contributed by atoms with Crippen molar-refractivity contribution in [3.8, 4) is 23.0 Å². The lowest BCUT2D eigenvalue weighted by atomic mass is 9.89. The van der Waals surface area contributed by atoms with Crippen LogP contribution in [0.25, 0.3) is 0 Å². The minimum Gasteiger partial charge on any atom is -0.504 e. The highest BCUT2D eigenvalue weighted by Crippen LogP contribution is 2.50. The van der Waals surface area contributed by atoms with Gasteiger partial charge in [0.2, 0.25) is 0 Å². The van der Waals surface area contributed by atoms with Gasteiger partial charge in [0, 0.05) is 11.1 Å². The van der Waals surface area contributed by atoms with Crippen molar-refractivity contribution < 1.29 is 14.9 Å². The zero-order valence-corrected chi connectivity index (χ0v) is 11.1. The Morgan fingerprint density at radius 1 is 1.00 bits per heavy atom. The predicted octanol–water partition coefficient (Wildman–Crippen LogP) is 1.74. The van der Waals surface area contributed by atoms with E-state index in [4.69, 9.17) is 10.5 Å². The lowest BCUT2D eigenvalue weighted by Crippen LogP contribution is -2.48. The molecule has 0 aliphatic carbocycles. The van der Waals surface area contributed by atoms with Gasteiger partial charge >= 0.3 is 0 Å². The first-order valence-corrected chi connectivity index (χ1v) is 6.25. The van der Waals surface area contributed by atoms with Crippen LogP contribution >= 0.6 is 9.39 Å².